The van der Waals surface area contributed by atoms with E-state index in [0.29, 0.717) is 0 Å². The number of hydrogen-bond acceptors (Lipinski definition) is 7. The van der Waals surface area contributed by atoms with Crippen LogP contribution in [0, 0.1) is 5.82 Å². The molecule has 2 aliphatic heterocycles. The number of nitrogens with zero attached hydrogens (tertiary/aromatic N) is 2. The Balaban J connectivity index is 1.48. The molecule has 3 heterocycles. The minimum Gasteiger partial charge on any atom is -0.488 e. The first kappa shape index (κ1) is 29.1. The van der Waals surface area contributed by atoms with Crippen LogP contribution < -0.4 is 20.1 Å². The number of aryl methyl sites for hydroxylation is 1. The molecule has 1 spiro atoms. The van der Waals surface area contributed by atoms with E-state index in [2.05, 4.69) is 10.0 Å². The Morgan fingerprint density at radius 3 is 2.56 bits per heavy atom. The standard InChI is InChI=1S/C22H24ClF4N5O6S/c1-31-9-15-17(16(31)18(33)29-12-2-3-14(24)13(23)8-12)38-11-21(30-39(15,36)37)4-6-32(7-5-21)20(35)19(34)28-10-22(25,26)27/h2-3,8-9,20,30,35H,4-7,10-11H2,1H3,(H,28,34)(H,29,33). The molecule has 0 bridgehead atoms. The zero-order valence-corrected chi connectivity index (χ0v) is 21.9. The number of halogens is 5. The Morgan fingerprint density at radius 2 is 1.95 bits per heavy atom. The van der Waals surface area contributed by atoms with Crippen molar-refractivity contribution in [2.45, 2.75) is 35.7 Å². The van der Waals surface area contributed by atoms with E-state index < -0.39 is 52.1 Å². The van der Waals surface area contributed by atoms with E-state index >= 15 is 0 Å². The monoisotopic (exact) mass is 597 g/mol. The molecule has 2 amide bonds. The van der Waals surface area contributed by atoms with Gasteiger partial charge in [-0.1, -0.05) is 11.6 Å². The van der Waals surface area contributed by atoms with Gasteiger partial charge in [0.15, 0.2) is 17.7 Å². The van der Waals surface area contributed by atoms with Crippen molar-refractivity contribution >= 4 is 39.1 Å². The van der Waals surface area contributed by atoms with Crippen molar-refractivity contribution in [3.63, 3.8) is 0 Å². The molecule has 1 aromatic carbocycles. The number of ether oxygens (including phenoxy) is 1. The van der Waals surface area contributed by atoms with Crippen LogP contribution in [-0.4, -0.2) is 79.0 Å². The molecule has 1 aromatic heterocycles. The third-order valence-corrected chi connectivity index (χ3v) is 8.29. The number of fused-ring (bicyclic) bond motifs is 1. The van der Waals surface area contributed by atoms with Crippen LogP contribution in [0.2, 0.25) is 5.02 Å². The quantitative estimate of drug-likeness (QED) is 0.383. The van der Waals surface area contributed by atoms with E-state index in [1.165, 1.54) is 34.8 Å². The summed E-state index contributed by atoms with van der Waals surface area (Å²) < 4.78 is 86.8. The topological polar surface area (TPSA) is 142 Å². The van der Waals surface area contributed by atoms with Gasteiger partial charge in [0.1, 0.15) is 23.9 Å². The number of nitrogens with one attached hydrogen (secondary N) is 3. The summed E-state index contributed by atoms with van der Waals surface area (Å²) in [4.78, 5) is 25.9. The molecule has 1 fully saturated rings. The van der Waals surface area contributed by atoms with Gasteiger partial charge in [-0.25, -0.2) is 17.5 Å². The fourth-order valence-electron chi connectivity index (χ4n) is 4.40. The van der Waals surface area contributed by atoms with Crippen molar-refractivity contribution in [3.05, 3.63) is 40.9 Å². The lowest BCUT2D eigenvalue weighted by molar-refractivity contribution is -0.151. The minimum atomic E-state index is -4.64. The molecule has 4 N–H and O–H groups in total. The summed E-state index contributed by atoms with van der Waals surface area (Å²) in [5, 5.41) is 14.1. The fraction of sp³-hybridized carbons (Fsp3) is 0.455. The number of hydrogen-bond donors (Lipinski definition) is 4. The van der Waals surface area contributed by atoms with Crippen molar-refractivity contribution in [1.29, 1.82) is 0 Å². The van der Waals surface area contributed by atoms with Gasteiger partial charge in [-0.05, 0) is 31.0 Å². The summed E-state index contributed by atoms with van der Waals surface area (Å²) in [5.41, 5.74) is -1.14. The van der Waals surface area contributed by atoms with Crippen molar-refractivity contribution in [2.75, 3.05) is 31.6 Å². The highest BCUT2D eigenvalue weighted by molar-refractivity contribution is 7.89. The SMILES string of the molecule is Cn1cc2c(c1C(=O)Nc1ccc(F)c(Cl)c1)OCC1(CCN(C(O)C(=O)NCC(F)(F)F)CC1)NS2(=O)=O. The van der Waals surface area contributed by atoms with Gasteiger partial charge in [-0.2, -0.15) is 13.2 Å². The second kappa shape index (κ2) is 10.6. The molecule has 0 aliphatic carbocycles. The van der Waals surface area contributed by atoms with Crippen molar-refractivity contribution in [3.8, 4) is 5.75 Å². The number of rotatable bonds is 5. The van der Waals surface area contributed by atoms with Crippen LogP contribution in [0.15, 0.2) is 29.3 Å². The smallest absolute Gasteiger partial charge is 0.405 e. The van der Waals surface area contributed by atoms with E-state index in [1.54, 1.807) is 5.32 Å². The predicted octanol–water partition coefficient (Wildman–Crippen LogP) is 1.57. The summed E-state index contributed by atoms with van der Waals surface area (Å²) >= 11 is 5.76. The van der Waals surface area contributed by atoms with Crippen molar-refractivity contribution in [2.24, 2.45) is 7.05 Å². The van der Waals surface area contributed by atoms with E-state index in [1.807, 2.05) is 0 Å². The average molecular weight is 598 g/mol. The van der Waals surface area contributed by atoms with Gasteiger partial charge >= 0.3 is 6.18 Å². The number of alkyl halides is 3. The molecule has 214 valence electrons. The minimum absolute atomic E-state index is 0.0385. The Morgan fingerprint density at radius 1 is 1.28 bits per heavy atom. The predicted molar refractivity (Wildman–Crippen MR) is 129 cm³/mol. The molecule has 1 unspecified atom stereocenters. The lowest BCUT2D eigenvalue weighted by atomic mass is 9.89. The normalized spacial score (nSPS) is 19.5. The zero-order chi connectivity index (χ0) is 28.8. The Hall–Kier alpha value is -2.92. The maximum atomic E-state index is 13.5. The summed E-state index contributed by atoms with van der Waals surface area (Å²) in [6, 6.07) is 3.53. The first-order valence-electron chi connectivity index (χ1n) is 11.5. The molecule has 0 saturated carbocycles. The molecule has 4 rings (SSSR count). The molecule has 2 aliphatic rings. The molecule has 17 heteroatoms. The number of aliphatic hydroxyl groups is 1. The van der Waals surface area contributed by atoms with Gasteiger partial charge in [0, 0.05) is 32.0 Å². The summed E-state index contributed by atoms with van der Waals surface area (Å²) in [5.74, 6) is -2.86. The van der Waals surface area contributed by atoms with E-state index in [-0.39, 0.29) is 59.6 Å². The largest absolute Gasteiger partial charge is 0.488 e. The Bertz CT molecular complexity index is 1390. The number of benzene rings is 1. The number of amides is 2. The second-order valence-electron chi connectivity index (χ2n) is 9.28. The van der Waals surface area contributed by atoms with E-state index in [4.69, 9.17) is 16.3 Å². The van der Waals surface area contributed by atoms with Crippen LogP contribution in [0.3, 0.4) is 0 Å². The number of likely N-dealkylation sites (tertiary alicyclic amines) is 1. The first-order valence-corrected chi connectivity index (χ1v) is 13.4. The number of carbonyl (C=O) groups excluding carboxylic acids is 2. The fourth-order valence-corrected chi connectivity index (χ4v) is 6.22. The first-order chi connectivity index (χ1) is 18.1. The summed E-state index contributed by atoms with van der Waals surface area (Å²) in [7, 11) is -2.77. The maximum Gasteiger partial charge on any atom is 0.405 e. The van der Waals surface area contributed by atoms with Crippen LogP contribution in [0.4, 0.5) is 23.2 Å². The van der Waals surface area contributed by atoms with E-state index in [9.17, 15) is 40.7 Å². The Labute approximate surface area is 225 Å². The zero-order valence-electron chi connectivity index (χ0n) is 20.3. The van der Waals surface area contributed by atoms with Gasteiger partial charge in [0.25, 0.3) is 11.8 Å². The van der Waals surface area contributed by atoms with Crippen LogP contribution >= 0.6 is 11.6 Å². The van der Waals surface area contributed by atoms with Gasteiger partial charge in [0.05, 0.1) is 10.6 Å². The number of aromatic nitrogens is 1. The molecule has 39 heavy (non-hydrogen) atoms. The number of aliphatic hydroxyl groups excluding tert-OH is 1. The van der Waals surface area contributed by atoms with Crippen LogP contribution in [0.1, 0.15) is 23.3 Å². The lowest BCUT2D eigenvalue weighted by Gasteiger charge is -2.41. The number of sulfonamides is 1. The van der Waals surface area contributed by atoms with Crippen molar-refractivity contribution < 1.29 is 45.4 Å². The Kier molecular flexibility index (Phi) is 7.88. The van der Waals surface area contributed by atoms with Crippen LogP contribution in [-0.2, 0) is 21.9 Å². The van der Waals surface area contributed by atoms with Gasteiger partial charge in [-0.3, -0.25) is 14.5 Å². The third kappa shape index (κ3) is 6.30. The van der Waals surface area contributed by atoms with Crippen LogP contribution in [0.25, 0.3) is 0 Å². The molecule has 1 atom stereocenters. The average Bonchev–Trinajstić information content (AvgIpc) is 3.15. The lowest BCUT2D eigenvalue weighted by Crippen LogP contribution is -2.60. The number of piperidine rings is 1. The maximum absolute atomic E-state index is 13.5. The van der Waals surface area contributed by atoms with Crippen molar-refractivity contribution in [1.82, 2.24) is 19.5 Å². The van der Waals surface area contributed by atoms with E-state index in [0.717, 1.165) is 6.07 Å². The summed E-state index contributed by atoms with van der Waals surface area (Å²) in [6.45, 7) is -1.89. The highest BCUT2D eigenvalue weighted by Gasteiger charge is 2.45. The van der Waals surface area contributed by atoms with Gasteiger partial charge in [0.2, 0.25) is 10.0 Å². The number of carbonyl (C=O) groups is 2. The second-order valence-corrected chi connectivity index (χ2v) is 11.3. The molecule has 2 aromatic rings. The third-order valence-electron chi connectivity index (χ3n) is 6.43. The molecular formula is C22H24ClF4N5O6S. The number of anilines is 1. The van der Waals surface area contributed by atoms with Crippen LogP contribution in [0.5, 0.6) is 5.75 Å². The molecule has 1 saturated heterocycles. The van der Waals surface area contributed by atoms with Gasteiger partial charge in [-0.15, -0.1) is 0 Å². The summed E-state index contributed by atoms with van der Waals surface area (Å²) in [6.07, 6.45) is -5.22. The molecule has 0 radical (unpaired) electrons. The molecule has 11 nitrogen and oxygen atoms in total. The highest BCUT2D eigenvalue weighted by atomic mass is 35.5. The molecular weight excluding hydrogens is 574 g/mol. The van der Waals surface area contributed by atoms with Gasteiger partial charge < -0.3 is 25.0 Å². The highest BCUT2D eigenvalue weighted by Crippen LogP contribution is 2.37.